The molecular weight excluding hydrogens is 376 g/mol. The van der Waals surface area contributed by atoms with Crippen LogP contribution in [0.25, 0.3) is 5.69 Å². The first-order valence-electron chi connectivity index (χ1n) is 7.43. The van der Waals surface area contributed by atoms with Crippen molar-refractivity contribution in [1.29, 1.82) is 0 Å². The number of hydrogen-bond donors (Lipinski definition) is 1. The lowest BCUT2D eigenvalue weighted by atomic mass is 10.3. The Morgan fingerprint density at radius 1 is 1.12 bits per heavy atom. The molecule has 1 aromatic heterocycles. The molecule has 0 amide bonds. The Bertz CT molecular complexity index is 1070. The summed E-state index contributed by atoms with van der Waals surface area (Å²) in [5.41, 5.74) is 0.677. The van der Waals surface area contributed by atoms with Gasteiger partial charge < -0.3 is 9.84 Å². The van der Waals surface area contributed by atoms with Gasteiger partial charge in [0.05, 0.1) is 4.90 Å². The summed E-state index contributed by atoms with van der Waals surface area (Å²) in [6.07, 6.45) is 1.71. The van der Waals surface area contributed by atoms with Crippen molar-refractivity contribution in [3.8, 4) is 11.4 Å². The number of carboxylic acids is 1. The van der Waals surface area contributed by atoms with E-state index in [0.29, 0.717) is 16.2 Å². The van der Waals surface area contributed by atoms with Crippen LogP contribution in [0.5, 0.6) is 5.75 Å². The second kappa shape index (κ2) is 7.54. The van der Waals surface area contributed by atoms with Gasteiger partial charge in [0, 0.05) is 17.3 Å². The van der Waals surface area contributed by atoms with E-state index in [4.69, 9.17) is 9.84 Å². The van der Waals surface area contributed by atoms with Gasteiger partial charge in [0.15, 0.2) is 6.61 Å². The Morgan fingerprint density at radius 3 is 2.46 bits per heavy atom. The van der Waals surface area contributed by atoms with Crippen molar-refractivity contribution in [2.75, 3.05) is 6.61 Å². The van der Waals surface area contributed by atoms with Crippen LogP contribution >= 0.6 is 11.3 Å². The Kier molecular flexibility index (Phi) is 5.19. The molecule has 0 atom stereocenters. The molecule has 0 saturated carbocycles. The van der Waals surface area contributed by atoms with E-state index in [-0.39, 0.29) is 4.90 Å². The number of nitrogens with zero attached hydrogens (tertiary/aromatic N) is 2. The average molecular weight is 390 g/mol. The van der Waals surface area contributed by atoms with E-state index in [9.17, 15) is 13.2 Å². The summed E-state index contributed by atoms with van der Waals surface area (Å²) in [7, 11) is -3.82. The molecule has 0 aliphatic carbocycles. The number of carboxylic acid groups (broad SMARTS) is 1. The smallest absolute Gasteiger partial charge is 0.341 e. The number of thiazole rings is 1. The molecule has 0 bridgehead atoms. The van der Waals surface area contributed by atoms with Crippen molar-refractivity contribution >= 4 is 27.3 Å². The number of rotatable bonds is 6. The maximum absolute atomic E-state index is 12.4. The van der Waals surface area contributed by atoms with Gasteiger partial charge in [0.2, 0.25) is 4.80 Å². The van der Waals surface area contributed by atoms with Crippen molar-refractivity contribution in [1.82, 2.24) is 4.57 Å². The van der Waals surface area contributed by atoms with Gasteiger partial charge in [-0.05, 0) is 36.4 Å². The lowest BCUT2D eigenvalue weighted by molar-refractivity contribution is -0.139. The van der Waals surface area contributed by atoms with Crippen molar-refractivity contribution in [2.24, 2.45) is 4.40 Å². The third kappa shape index (κ3) is 4.19. The van der Waals surface area contributed by atoms with E-state index in [2.05, 4.69) is 4.40 Å². The molecule has 0 unspecified atom stereocenters. The molecule has 9 heteroatoms. The number of ether oxygens (including phenoxy) is 1. The molecule has 0 spiro atoms. The summed E-state index contributed by atoms with van der Waals surface area (Å²) in [4.78, 5) is 10.9. The van der Waals surface area contributed by atoms with Crippen LogP contribution < -0.4 is 9.54 Å². The average Bonchev–Trinajstić information content (AvgIpc) is 3.08. The largest absolute Gasteiger partial charge is 0.482 e. The standard InChI is InChI=1S/C17H14N2O5S2/c20-16(21)12-24-14-8-6-13(7-9-14)19-10-11-25-17(19)18-26(22,23)15-4-2-1-3-5-15/h1-11H,12H2,(H,20,21)/b18-17-. The van der Waals surface area contributed by atoms with Gasteiger partial charge in [0.1, 0.15) is 5.75 Å². The number of aromatic nitrogens is 1. The number of benzene rings is 2. The first kappa shape index (κ1) is 17.9. The van der Waals surface area contributed by atoms with Crippen LogP contribution in [-0.2, 0) is 14.8 Å². The van der Waals surface area contributed by atoms with Crippen LogP contribution in [0.4, 0.5) is 0 Å². The second-order valence-corrected chi connectivity index (χ2v) is 7.59. The van der Waals surface area contributed by atoms with E-state index in [0.717, 1.165) is 0 Å². The van der Waals surface area contributed by atoms with Crippen LogP contribution in [0.2, 0.25) is 0 Å². The molecule has 3 aromatic rings. The van der Waals surface area contributed by atoms with Crippen LogP contribution in [0.1, 0.15) is 0 Å². The van der Waals surface area contributed by atoms with E-state index in [1.165, 1.54) is 23.5 Å². The zero-order valence-corrected chi connectivity index (χ0v) is 15.0. The van der Waals surface area contributed by atoms with E-state index in [1.807, 2.05) is 0 Å². The lowest BCUT2D eigenvalue weighted by Gasteiger charge is -2.06. The number of aliphatic carboxylic acids is 1. The molecule has 7 nitrogen and oxygen atoms in total. The summed E-state index contributed by atoms with van der Waals surface area (Å²) >= 11 is 1.19. The Morgan fingerprint density at radius 2 is 1.81 bits per heavy atom. The van der Waals surface area contributed by atoms with E-state index >= 15 is 0 Å². The molecule has 0 saturated heterocycles. The number of carbonyl (C=O) groups is 1. The van der Waals surface area contributed by atoms with Crippen LogP contribution in [0.3, 0.4) is 0 Å². The highest BCUT2D eigenvalue weighted by Gasteiger charge is 2.12. The molecule has 134 valence electrons. The van der Waals surface area contributed by atoms with Gasteiger partial charge in [-0.2, -0.15) is 8.42 Å². The first-order chi connectivity index (χ1) is 12.5. The minimum absolute atomic E-state index is 0.123. The quantitative estimate of drug-likeness (QED) is 0.696. The maximum Gasteiger partial charge on any atom is 0.341 e. The highest BCUT2D eigenvalue weighted by molar-refractivity contribution is 7.90. The Hall–Kier alpha value is -2.91. The predicted octanol–water partition coefficient (Wildman–Crippen LogP) is 2.29. The molecule has 1 N–H and O–H groups in total. The molecule has 0 radical (unpaired) electrons. The second-order valence-electron chi connectivity index (χ2n) is 5.11. The normalized spacial score (nSPS) is 12.1. The van der Waals surface area contributed by atoms with Gasteiger partial charge >= 0.3 is 5.97 Å². The van der Waals surface area contributed by atoms with Crippen molar-refractivity contribution in [3.63, 3.8) is 0 Å². The topological polar surface area (TPSA) is 98.0 Å². The molecule has 1 heterocycles. The summed E-state index contributed by atoms with van der Waals surface area (Å²) < 4.78 is 35.5. The number of sulfonamides is 1. The molecule has 26 heavy (non-hydrogen) atoms. The lowest BCUT2D eigenvalue weighted by Crippen LogP contribution is -2.15. The van der Waals surface area contributed by atoms with Crippen LogP contribution in [0, 0.1) is 0 Å². The molecule has 3 rings (SSSR count). The SMILES string of the molecule is O=C(O)COc1ccc(-n2ccs/c2=N\S(=O)(=O)c2ccccc2)cc1. The van der Waals surface area contributed by atoms with Gasteiger partial charge in [0.25, 0.3) is 10.0 Å². The van der Waals surface area contributed by atoms with Crippen LogP contribution in [-0.4, -0.2) is 30.7 Å². The Balaban J connectivity index is 1.93. The fraction of sp³-hybridized carbons (Fsp3) is 0.0588. The molecular formula is C17H14N2O5S2. The van der Waals surface area contributed by atoms with E-state index < -0.39 is 22.6 Å². The van der Waals surface area contributed by atoms with Gasteiger partial charge in [-0.3, -0.25) is 4.57 Å². The van der Waals surface area contributed by atoms with Crippen molar-refractivity contribution in [2.45, 2.75) is 4.90 Å². The number of hydrogen-bond acceptors (Lipinski definition) is 5. The molecule has 0 fully saturated rings. The van der Waals surface area contributed by atoms with Crippen LogP contribution in [0.15, 0.2) is 75.5 Å². The van der Waals surface area contributed by atoms with E-state index in [1.54, 1.807) is 58.6 Å². The minimum Gasteiger partial charge on any atom is -0.482 e. The zero-order valence-electron chi connectivity index (χ0n) is 13.3. The third-order valence-corrected chi connectivity index (χ3v) is 5.46. The van der Waals surface area contributed by atoms with Gasteiger partial charge in [-0.1, -0.05) is 18.2 Å². The zero-order chi connectivity index (χ0) is 18.6. The summed E-state index contributed by atoms with van der Waals surface area (Å²) in [6, 6.07) is 14.6. The monoisotopic (exact) mass is 390 g/mol. The summed E-state index contributed by atoms with van der Waals surface area (Å²) in [5.74, 6) is -0.657. The van der Waals surface area contributed by atoms with Gasteiger partial charge in [-0.15, -0.1) is 15.7 Å². The third-order valence-electron chi connectivity index (χ3n) is 3.31. The first-order valence-corrected chi connectivity index (χ1v) is 9.75. The summed E-state index contributed by atoms with van der Waals surface area (Å²) in [5, 5.41) is 10.4. The fourth-order valence-corrected chi connectivity index (χ4v) is 4.08. The van der Waals surface area contributed by atoms with Crippen molar-refractivity contribution in [3.05, 3.63) is 71.0 Å². The molecule has 2 aromatic carbocycles. The molecule has 0 aliphatic rings. The fourth-order valence-electron chi connectivity index (χ4n) is 2.13. The van der Waals surface area contributed by atoms with Gasteiger partial charge in [-0.25, -0.2) is 4.79 Å². The maximum atomic E-state index is 12.4. The minimum atomic E-state index is -3.82. The summed E-state index contributed by atoms with van der Waals surface area (Å²) in [6.45, 7) is -0.430. The molecule has 0 aliphatic heterocycles. The highest BCUT2D eigenvalue weighted by Crippen LogP contribution is 2.16. The van der Waals surface area contributed by atoms with Crippen molar-refractivity contribution < 1.29 is 23.1 Å². The predicted molar refractivity (Wildman–Crippen MR) is 96.0 cm³/mol. The highest BCUT2D eigenvalue weighted by atomic mass is 32.2. The Labute approximate surface area is 153 Å².